The second-order valence-corrected chi connectivity index (χ2v) is 4.27. The van der Waals surface area contributed by atoms with Crippen LogP contribution in [-0.2, 0) is 6.54 Å². The lowest BCUT2D eigenvalue weighted by Crippen LogP contribution is -2.23. The van der Waals surface area contributed by atoms with Crippen LogP contribution in [0.1, 0.15) is 34.1 Å². The van der Waals surface area contributed by atoms with Gasteiger partial charge < -0.3 is 14.9 Å². The molecule has 6 heteroatoms. The lowest BCUT2D eigenvalue weighted by molar-refractivity contribution is 0.0949. The van der Waals surface area contributed by atoms with E-state index in [2.05, 4.69) is 27.3 Å². The molecule has 21 heavy (non-hydrogen) atoms. The maximum atomic E-state index is 11.9. The van der Waals surface area contributed by atoms with Crippen LogP contribution in [0, 0.1) is 18.8 Å². The van der Waals surface area contributed by atoms with Crippen molar-refractivity contribution in [2.45, 2.75) is 19.9 Å². The van der Waals surface area contributed by atoms with E-state index in [9.17, 15) is 4.79 Å². The molecule has 2 N–H and O–H groups in total. The quantitative estimate of drug-likeness (QED) is 0.819. The van der Waals surface area contributed by atoms with Crippen LogP contribution in [0.5, 0.6) is 0 Å². The van der Waals surface area contributed by atoms with Crippen molar-refractivity contribution in [3.63, 3.8) is 0 Å². The van der Waals surface area contributed by atoms with E-state index < -0.39 is 0 Å². The molecule has 1 heterocycles. The van der Waals surface area contributed by atoms with Crippen LogP contribution >= 0.6 is 0 Å². The predicted molar refractivity (Wildman–Crippen MR) is 75.2 cm³/mol. The number of aliphatic hydroxyl groups excluding tert-OH is 1. The van der Waals surface area contributed by atoms with Gasteiger partial charge in [0.05, 0.1) is 13.2 Å². The standard InChI is InChI=1S/C15H15N3O3/c1-11-17-14(18-21-11)10-16-15(20)13-7-5-12(6-8-13)4-2-3-9-19/h5-8,19H,3,9-10H2,1H3,(H,16,20). The van der Waals surface area contributed by atoms with Gasteiger partial charge in [-0.3, -0.25) is 4.79 Å². The minimum absolute atomic E-state index is 0.0447. The molecule has 6 nitrogen and oxygen atoms in total. The van der Waals surface area contributed by atoms with Gasteiger partial charge in [0, 0.05) is 24.5 Å². The Morgan fingerprint density at radius 3 is 2.76 bits per heavy atom. The van der Waals surface area contributed by atoms with Gasteiger partial charge in [-0.2, -0.15) is 4.98 Å². The molecular weight excluding hydrogens is 270 g/mol. The van der Waals surface area contributed by atoms with Gasteiger partial charge in [0.1, 0.15) is 0 Å². The summed E-state index contributed by atoms with van der Waals surface area (Å²) in [6.07, 6.45) is 0.437. The second kappa shape index (κ2) is 7.22. The summed E-state index contributed by atoms with van der Waals surface area (Å²) in [6, 6.07) is 6.91. The number of hydrogen-bond acceptors (Lipinski definition) is 5. The molecule has 0 fully saturated rings. The Balaban J connectivity index is 1.92. The minimum atomic E-state index is -0.215. The zero-order valence-electron chi connectivity index (χ0n) is 11.6. The fraction of sp³-hybridized carbons (Fsp3) is 0.267. The fourth-order valence-electron chi connectivity index (χ4n) is 1.60. The Morgan fingerprint density at radius 1 is 1.38 bits per heavy atom. The molecular formula is C15H15N3O3. The maximum absolute atomic E-state index is 11.9. The first-order valence-electron chi connectivity index (χ1n) is 6.46. The second-order valence-electron chi connectivity index (χ2n) is 4.27. The van der Waals surface area contributed by atoms with E-state index in [0.717, 1.165) is 5.56 Å². The lowest BCUT2D eigenvalue weighted by atomic mass is 10.1. The van der Waals surface area contributed by atoms with Gasteiger partial charge >= 0.3 is 0 Å². The molecule has 0 unspecified atom stereocenters. The van der Waals surface area contributed by atoms with Crippen molar-refractivity contribution in [3.05, 3.63) is 47.1 Å². The van der Waals surface area contributed by atoms with Gasteiger partial charge in [0.2, 0.25) is 5.89 Å². The molecule has 1 aromatic carbocycles. The molecule has 0 saturated heterocycles. The van der Waals surface area contributed by atoms with E-state index in [4.69, 9.17) is 9.63 Å². The monoisotopic (exact) mass is 285 g/mol. The van der Waals surface area contributed by atoms with E-state index in [1.807, 2.05) is 0 Å². The van der Waals surface area contributed by atoms with E-state index in [1.54, 1.807) is 31.2 Å². The molecule has 2 aromatic rings. The predicted octanol–water partition coefficient (Wildman–Crippen LogP) is 1.04. The zero-order valence-corrected chi connectivity index (χ0v) is 11.6. The van der Waals surface area contributed by atoms with Gasteiger partial charge in [0.15, 0.2) is 5.82 Å². The van der Waals surface area contributed by atoms with Gasteiger partial charge in [-0.1, -0.05) is 17.0 Å². The van der Waals surface area contributed by atoms with Crippen LogP contribution in [-0.4, -0.2) is 27.8 Å². The van der Waals surface area contributed by atoms with Crippen LogP contribution in [0.4, 0.5) is 0 Å². The summed E-state index contributed by atoms with van der Waals surface area (Å²) in [5.74, 6) is 6.40. The lowest BCUT2D eigenvalue weighted by Gasteiger charge is -2.02. The van der Waals surface area contributed by atoms with Crippen molar-refractivity contribution in [1.29, 1.82) is 0 Å². The fourth-order valence-corrected chi connectivity index (χ4v) is 1.60. The summed E-state index contributed by atoms with van der Waals surface area (Å²) in [7, 11) is 0. The highest BCUT2D eigenvalue weighted by Crippen LogP contribution is 2.04. The average Bonchev–Trinajstić information content (AvgIpc) is 2.91. The number of aryl methyl sites for hydroxylation is 1. The number of hydrogen-bond donors (Lipinski definition) is 2. The van der Waals surface area contributed by atoms with Crippen molar-refractivity contribution < 1.29 is 14.4 Å². The van der Waals surface area contributed by atoms with E-state index >= 15 is 0 Å². The van der Waals surface area contributed by atoms with Crippen molar-refractivity contribution >= 4 is 5.91 Å². The van der Waals surface area contributed by atoms with Crippen LogP contribution < -0.4 is 5.32 Å². The summed E-state index contributed by atoms with van der Waals surface area (Å²) >= 11 is 0. The number of carbonyl (C=O) groups excluding carboxylic acids is 1. The smallest absolute Gasteiger partial charge is 0.251 e. The normalized spacial score (nSPS) is 9.81. The number of aliphatic hydroxyl groups is 1. The van der Waals surface area contributed by atoms with Crippen molar-refractivity contribution in [3.8, 4) is 11.8 Å². The van der Waals surface area contributed by atoms with Crippen LogP contribution in [0.15, 0.2) is 28.8 Å². The number of amides is 1. The van der Waals surface area contributed by atoms with Crippen LogP contribution in [0.3, 0.4) is 0 Å². The molecule has 0 bridgehead atoms. The molecule has 0 saturated carbocycles. The maximum Gasteiger partial charge on any atom is 0.251 e. The molecule has 0 aliphatic heterocycles. The summed E-state index contributed by atoms with van der Waals surface area (Å²) in [4.78, 5) is 15.9. The first kappa shape index (κ1) is 14.8. The number of nitrogens with one attached hydrogen (secondary N) is 1. The number of aromatic nitrogens is 2. The minimum Gasteiger partial charge on any atom is -0.395 e. The van der Waals surface area contributed by atoms with Crippen LogP contribution in [0.25, 0.3) is 0 Å². The van der Waals surface area contributed by atoms with Gasteiger partial charge in [-0.05, 0) is 24.3 Å². The number of carbonyl (C=O) groups is 1. The molecule has 0 aliphatic rings. The Morgan fingerprint density at radius 2 is 2.14 bits per heavy atom. The summed E-state index contributed by atoms with van der Waals surface area (Å²) < 4.78 is 4.82. The summed E-state index contributed by atoms with van der Waals surface area (Å²) in [6.45, 7) is 1.95. The van der Waals surface area contributed by atoms with E-state index in [1.165, 1.54) is 0 Å². The molecule has 0 spiro atoms. The van der Waals surface area contributed by atoms with Crippen LogP contribution in [0.2, 0.25) is 0 Å². The highest BCUT2D eigenvalue weighted by Gasteiger charge is 2.07. The largest absolute Gasteiger partial charge is 0.395 e. The Bertz CT molecular complexity index is 665. The number of nitrogens with zero attached hydrogens (tertiary/aromatic N) is 2. The Labute approximate surface area is 122 Å². The Hall–Kier alpha value is -2.65. The van der Waals surface area contributed by atoms with Gasteiger partial charge in [-0.25, -0.2) is 0 Å². The molecule has 0 aliphatic carbocycles. The van der Waals surface area contributed by atoms with Gasteiger partial charge in [-0.15, -0.1) is 0 Å². The topological polar surface area (TPSA) is 88.2 Å². The van der Waals surface area contributed by atoms with Crippen molar-refractivity contribution in [2.75, 3.05) is 6.61 Å². The third-order valence-electron chi connectivity index (χ3n) is 2.59. The average molecular weight is 285 g/mol. The summed E-state index contributed by atoms with van der Waals surface area (Å²) in [5.41, 5.74) is 1.33. The highest BCUT2D eigenvalue weighted by atomic mass is 16.5. The third kappa shape index (κ3) is 4.44. The molecule has 1 amide bonds. The first-order valence-corrected chi connectivity index (χ1v) is 6.46. The van der Waals surface area contributed by atoms with Crippen molar-refractivity contribution in [2.24, 2.45) is 0 Å². The molecule has 1 aromatic heterocycles. The van der Waals surface area contributed by atoms with Crippen molar-refractivity contribution in [1.82, 2.24) is 15.5 Å². The van der Waals surface area contributed by atoms with E-state index in [-0.39, 0.29) is 19.1 Å². The Kier molecular flexibility index (Phi) is 5.07. The SMILES string of the molecule is Cc1nc(CNC(=O)c2ccc(C#CCCO)cc2)no1. The van der Waals surface area contributed by atoms with E-state index in [0.29, 0.717) is 23.7 Å². The third-order valence-corrected chi connectivity index (χ3v) is 2.59. The molecule has 108 valence electrons. The molecule has 0 atom stereocenters. The number of rotatable bonds is 4. The molecule has 0 radical (unpaired) electrons. The number of benzene rings is 1. The highest BCUT2D eigenvalue weighted by molar-refractivity contribution is 5.94. The first-order chi connectivity index (χ1) is 10.2. The summed E-state index contributed by atoms with van der Waals surface area (Å²) in [5, 5.41) is 15.0. The van der Waals surface area contributed by atoms with Gasteiger partial charge in [0.25, 0.3) is 5.91 Å². The molecule has 2 rings (SSSR count). The zero-order chi connectivity index (χ0) is 15.1.